The molecule has 20 heavy (non-hydrogen) atoms. The smallest absolute Gasteiger partial charge is 0.172 e. The van der Waals surface area contributed by atoms with Crippen molar-refractivity contribution < 1.29 is 9.90 Å². The summed E-state index contributed by atoms with van der Waals surface area (Å²) in [7, 11) is 0. The zero-order valence-corrected chi connectivity index (χ0v) is 11.6. The first-order chi connectivity index (χ1) is 9.74. The van der Waals surface area contributed by atoms with Gasteiger partial charge in [0, 0.05) is 5.56 Å². The molecule has 0 saturated heterocycles. The summed E-state index contributed by atoms with van der Waals surface area (Å²) in [5.41, 5.74) is 2.48. The van der Waals surface area contributed by atoms with E-state index in [1.807, 2.05) is 37.3 Å². The molecule has 0 bridgehead atoms. The van der Waals surface area contributed by atoms with Crippen LogP contribution in [0.2, 0.25) is 0 Å². The first-order valence-electron chi connectivity index (χ1n) is 6.27. The number of hydrogen-bond donors (Lipinski definition) is 1. The maximum Gasteiger partial charge on any atom is 0.172 e. The van der Waals surface area contributed by atoms with Crippen molar-refractivity contribution in [2.45, 2.75) is 13.3 Å². The molecular weight excluding hydrogens is 272 g/mol. The Hall–Kier alpha value is -2.27. The van der Waals surface area contributed by atoms with Gasteiger partial charge in [-0.1, -0.05) is 37.3 Å². The lowest BCUT2D eigenvalue weighted by Gasteiger charge is -2.01. The number of aromatic hydroxyl groups is 1. The van der Waals surface area contributed by atoms with Gasteiger partial charge in [0.25, 0.3) is 0 Å². The van der Waals surface area contributed by atoms with E-state index in [1.54, 1.807) is 0 Å². The number of aldehydes is 1. The van der Waals surface area contributed by atoms with Crippen LogP contribution in [0.1, 0.15) is 23.1 Å². The Morgan fingerprint density at radius 3 is 2.65 bits per heavy atom. The molecule has 4 nitrogen and oxygen atoms in total. The maximum atomic E-state index is 11.0. The second-order valence-corrected chi connectivity index (χ2v) is 5.33. The van der Waals surface area contributed by atoms with E-state index in [9.17, 15) is 9.90 Å². The predicted molar refractivity (Wildman–Crippen MR) is 79.3 cm³/mol. The quantitative estimate of drug-likeness (QED) is 0.748. The number of benzene rings is 1. The van der Waals surface area contributed by atoms with Gasteiger partial charge < -0.3 is 5.11 Å². The monoisotopic (exact) mass is 284 g/mol. The fourth-order valence-electron chi connectivity index (χ4n) is 2.08. The van der Waals surface area contributed by atoms with Gasteiger partial charge in [-0.15, -0.1) is 11.3 Å². The number of hydrogen-bond acceptors (Lipinski definition) is 5. The first-order valence-corrected chi connectivity index (χ1v) is 7.09. The summed E-state index contributed by atoms with van der Waals surface area (Å²) < 4.78 is 0.623. The van der Waals surface area contributed by atoms with Gasteiger partial charge in [0.15, 0.2) is 12.0 Å². The minimum Gasteiger partial charge on any atom is -0.504 e. The van der Waals surface area contributed by atoms with E-state index in [-0.39, 0.29) is 11.4 Å². The molecule has 0 atom stereocenters. The summed E-state index contributed by atoms with van der Waals surface area (Å²) in [6, 6.07) is 9.76. The Kier molecular flexibility index (Phi) is 3.20. The van der Waals surface area contributed by atoms with E-state index in [4.69, 9.17) is 0 Å². The summed E-state index contributed by atoms with van der Waals surface area (Å²) in [4.78, 5) is 19.7. The fraction of sp³-hybridized carbons (Fsp3) is 0.133. The molecule has 5 heteroatoms. The highest BCUT2D eigenvalue weighted by Gasteiger charge is 2.17. The number of carbonyl (C=O) groups excluding carboxylic acids is 1. The van der Waals surface area contributed by atoms with Crippen LogP contribution in [0, 0.1) is 0 Å². The van der Waals surface area contributed by atoms with Gasteiger partial charge in [0.2, 0.25) is 0 Å². The number of nitrogens with zero attached hydrogens (tertiary/aromatic N) is 2. The lowest BCUT2D eigenvalue weighted by atomic mass is 10.2. The van der Waals surface area contributed by atoms with Gasteiger partial charge >= 0.3 is 0 Å². The zero-order valence-electron chi connectivity index (χ0n) is 10.8. The van der Waals surface area contributed by atoms with Crippen LogP contribution in [-0.2, 0) is 6.42 Å². The Bertz CT molecular complexity index is 781. The van der Waals surface area contributed by atoms with E-state index in [0.717, 1.165) is 16.3 Å². The largest absolute Gasteiger partial charge is 0.504 e. The Labute approximate surface area is 119 Å². The highest BCUT2D eigenvalue weighted by Crippen LogP contribution is 2.37. The van der Waals surface area contributed by atoms with Crippen LogP contribution in [0.5, 0.6) is 5.75 Å². The lowest BCUT2D eigenvalue weighted by Crippen LogP contribution is -1.95. The van der Waals surface area contributed by atoms with Crippen molar-refractivity contribution >= 4 is 27.8 Å². The minimum absolute atomic E-state index is 0.0770. The number of carbonyl (C=O) groups is 1. The van der Waals surface area contributed by atoms with E-state index in [0.29, 0.717) is 22.9 Å². The average Bonchev–Trinajstić information content (AvgIpc) is 2.94. The Morgan fingerprint density at radius 2 is 2.00 bits per heavy atom. The highest BCUT2D eigenvalue weighted by atomic mass is 32.1. The molecule has 2 aromatic heterocycles. The van der Waals surface area contributed by atoms with Crippen LogP contribution in [0.15, 0.2) is 30.3 Å². The number of aryl methyl sites for hydroxylation is 1. The molecule has 0 spiro atoms. The molecule has 3 rings (SSSR count). The van der Waals surface area contributed by atoms with Crippen LogP contribution in [0.4, 0.5) is 0 Å². The molecule has 2 heterocycles. The number of pyridine rings is 1. The van der Waals surface area contributed by atoms with E-state index in [1.165, 1.54) is 11.3 Å². The van der Waals surface area contributed by atoms with Crippen molar-refractivity contribution in [3.63, 3.8) is 0 Å². The molecule has 1 aromatic carbocycles. The van der Waals surface area contributed by atoms with Gasteiger partial charge in [-0.05, 0) is 6.42 Å². The summed E-state index contributed by atoms with van der Waals surface area (Å²) in [6.07, 6.45) is 1.24. The summed E-state index contributed by atoms with van der Waals surface area (Å²) in [6.45, 7) is 1.95. The molecule has 0 saturated carbocycles. The van der Waals surface area contributed by atoms with Crippen molar-refractivity contribution in [1.82, 2.24) is 9.97 Å². The van der Waals surface area contributed by atoms with Crippen molar-refractivity contribution in [3.8, 4) is 16.3 Å². The second kappa shape index (κ2) is 5.02. The van der Waals surface area contributed by atoms with Crippen LogP contribution in [0.25, 0.3) is 20.8 Å². The molecule has 0 radical (unpaired) electrons. The van der Waals surface area contributed by atoms with Crippen molar-refractivity contribution in [2.24, 2.45) is 0 Å². The Balaban J connectivity index is 2.30. The first kappa shape index (κ1) is 12.7. The molecule has 0 unspecified atom stereocenters. The second-order valence-electron chi connectivity index (χ2n) is 4.33. The summed E-state index contributed by atoms with van der Waals surface area (Å²) >= 11 is 1.38. The minimum atomic E-state index is -0.0770. The SMILES string of the molecule is CCc1nc(C=O)c(O)c2sc(-c3ccccc3)nc12. The number of fused-ring (bicyclic) bond motifs is 1. The normalized spacial score (nSPS) is 10.8. The van der Waals surface area contributed by atoms with Crippen molar-refractivity contribution in [2.75, 3.05) is 0 Å². The highest BCUT2D eigenvalue weighted by molar-refractivity contribution is 7.22. The lowest BCUT2D eigenvalue weighted by molar-refractivity contribution is 0.111. The number of rotatable bonds is 3. The predicted octanol–water partition coefficient (Wildman–Crippen LogP) is 3.44. The van der Waals surface area contributed by atoms with Gasteiger partial charge in [0.05, 0.1) is 5.69 Å². The topological polar surface area (TPSA) is 63.1 Å². The van der Waals surface area contributed by atoms with Gasteiger partial charge in [-0.2, -0.15) is 0 Å². The fourth-order valence-corrected chi connectivity index (χ4v) is 3.12. The Morgan fingerprint density at radius 1 is 1.25 bits per heavy atom. The third kappa shape index (κ3) is 1.96. The van der Waals surface area contributed by atoms with Gasteiger partial charge in [-0.3, -0.25) is 4.79 Å². The maximum absolute atomic E-state index is 11.0. The zero-order chi connectivity index (χ0) is 14.1. The van der Waals surface area contributed by atoms with Crippen LogP contribution >= 0.6 is 11.3 Å². The van der Waals surface area contributed by atoms with Gasteiger partial charge in [0.1, 0.15) is 20.9 Å². The molecular formula is C15H12N2O2S. The van der Waals surface area contributed by atoms with Crippen molar-refractivity contribution in [3.05, 3.63) is 41.7 Å². The third-order valence-electron chi connectivity index (χ3n) is 3.08. The molecule has 0 amide bonds. The van der Waals surface area contributed by atoms with E-state index in [2.05, 4.69) is 9.97 Å². The molecule has 0 aliphatic rings. The molecule has 0 fully saturated rings. The molecule has 3 aromatic rings. The molecule has 0 aliphatic heterocycles. The van der Waals surface area contributed by atoms with E-state index < -0.39 is 0 Å². The number of aromatic nitrogens is 2. The molecule has 100 valence electrons. The van der Waals surface area contributed by atoms with Crippen LogP contribution in [-0.4, -0.2) is 21.4 Å². The standard InChI is InChI=1S/C15H12N2O2S/c1-2-10-12-14(13(19)11(8-18)16-10)20-15(17-12)9-6-4-3-5-7-9/h3-8,19H,2H2,1H3. The summed E-state index contributed by atoms with van der Waals surface area (Å²) in [5, 5.41) is 10.9. The summed E-state index contributed by atoms with van der Waals surface area (Å²) in [5.74, 6) is -0.0770. The average molecular weight is 284 g/mol. The third-order valence-corrected chi connectivity index (χ3v) is 4.19. The van der Waals surface area contributed by atoms with Crippen LogP contribution in [0.3, 0.4) is 0 Å². The van der Waals surface area contributed by atoms with Gasteiger partial charge in [-0.25, -0.2) is 9.97 Å². The number of thiazole rings is 1. The van der Waals surface area contributed by atoms with Crippen LogP contribution < -0.4 is 0 Å². The molecule has 1 N–H and O–H groups in total. The van der Waals surface area contributed by atoms with Crippen molar-refractivity contribution in [1.29, 1.82) is 0 Å². The molecule has 0 aliphatic carbocycles. The van der Waals surface area contributed by atoms with E-state index >= 15 is 0 Å².